The van der Waals surface area contributed by atoms with E-state index in [1.807, 2.05) is 11.9 Å². The van der Waals surface area contributed by atoms with Crippen LogP contribution < -0.4 is 5.32 Å². The van der Waals surface area contributed by atoms with Gasteiger partial charge in [-0.25, -0.2) is 0 Å². The highest BCUT2D eigenvalue weighted by Crippen LogP contribution is 2.52. The second-order valence-electron chi connectivity index (χ2n) is 6.18. The van der Waals surface area contributed by atoms with Crippen molar-refractivity contribution >= 4 is 5.91 Å². The Morgan fingerprint density at radius 1 is 1.50 bits per heavy atom. The van der Waals surface area contributed by atoms with Crippen LogP contribution in [0.25, 0.3) is 0 Å². The summed E-state index contributed by atoms with van der Waals surface area (Å²) in [7, 11) is 1.96. The molecule has 0 spiro atoms. The van der Waals surface area contributed by atoms with Crippen LogP contribution in [0.5, 0.6) is 0 Å². The highest BCUT2D eigenvalue weighted by atomic mass is 16.2. The highest BCUT2D eigenvalue weighted by Gasteiger charge is 2.51. The second-order valence-corrected chi connectivity index (χ2v) is 6.18. The number of hydrogen-bond donors (Lipinski definition) is 1. The molecule has 2 fully saturated rings. The van der Waals surface area contributed by atoms with E-state index < -0.39 is 0 Å². The minimum atomic E-state index is 0.260. The van der Waals surface area contributed by atoms with E-state index >= 15 is 0 Å². The summed E-state index contributed by atoms with van der Waals surface area (Å²) >= 11 is 0. The van der Waals surface area contributed by atoms with Crippen molar-refractivity contribution in [2.45, 2.75) is 33.1 Å². The maximum atomic E-state index is 12.1. The molecule has 1 saturated carbocycles. The Morgan fingerprint density at radius 3 is 2.69 bits per heavy atom. The minimum absolute atomic E-state index is 0.260. The van der Waals surface area contributed by atoms with Gasteiger partial charge < -0.3 is 10.2 Å². The first-order chi connectivity index (χ1) is 7.50. The monoisotopic (exact) mass is 224 g/mol. The molecular weight excluding hydrogens is 200 g/mol. The molecule has 0 aromatic carbocycles. The summed E-state index contributed by atoms with van der Waals surface area (Å²) in [5.41, 5.74) is 0.260. The van der Waals surface area contributed by atoms with E-state index in [1.54, 1.807) is 0 Å². The standard InChI is InChI=1S/C13H24N2O/c1-13(2)7-11(13)12(16)15(3)9-10-5-4-6-14-8-10/h10-11,14H,4-9H2,1-3H3. The summed E-state index contributed by atoms with van der Waals surface area (Å²) in [6.07, 6.45) is 3.58. The Labute approximate surface area is 98.6 Å². The van der Waals surface area contributed by atoms with Crippen LogP contribution in [0.2, 0.25) is 0 Å². The van der Waals surface area contributed by atoms with Crippen LogP contribution in [0, 0.1) is 17.3 Å². The maximum Gasteiger partial charge on any atom is 0.225 e. The fraction of sp³-hybridized carbons (Fsp3) is 0.923. The number of nitrogens with zero attached hydrogens (tertiary/aromatic N) is 1. The van der Waals surface area contributed by atoms with Crippen molar-refractivity contribution in [3.63, 3.8) is 0 Å². The molecule has 1 aliphatic heterocycles. The second kappa shape index (κ2) is 4.36. The first-order valence-electron chi connectivity index (χ1n) is 6.46. The lowest BCUT2D eigenvalue weighted by atomic mass is 9.99. The highest BCUT2D eigenvalue weighted by molar-refractivity contribution is 5.82. The SMILES string of the molecule is CN(CC1CCCNC1)C(=O)C1CC1(C)C. The zero-order valence-corrected chi connectivity index (χ0v) is 10.8. The van der Waals surface area contributed by atoms with Gasteiger partial charge in [0.15, 0.2) is 0 Å². The topological polar surface area (TPSA) is 32.3 Å². The summed E-state index contributed by atoms with van der Waals surface area (Å²) in [4.78, 5) is 14.1. The molecule has 0 bridgehead atoms. The fourth-order valence-electron chi connectivity index (χ4n) is 2.71. The maximum absolute atomic E-state index is 12.1. The lowest BCUT2D eigenvalue weighted by molar-refractivity contribution is -0.132. The molecule has 0 radical (unpaired) electrons. The van der Waals surface area contributed by atoms with Crippen molar-refractivity contribution in [2.75, 3.05) is 26.7 Å². The Kier molecular flexibility index (Phi) is 3.24. The third-order valence-electron chi connectivity index (χ3n) is 4.12. The number of amides is 1. The van der Waals surface area contributed by atoms with Crippen molar-refractivity contribution in [2.24, 2.45) is 17.3 Å². The van der Waals surface area contributed by atoms with Crippen LogP contribution in [-0.4, -0.2) is 37.5 Å². The summed E-state index contributed by atoms with van der Waals surface area (Å²) in [5, 5.41) is 3.40. The molecule has 1 aliphatic carbocycles. The fourth-order valence-corrected chi connectivity index (χ4v) is 2.71. The van der Waals surface area contributed by atoms with Crippen LogP contribution in [0.4, 0.5) is 0 Å². The van der Waals surface area contributed by atoms with Crippen molar-refractivity contribution in [3.8, 4) is 0 Å². The van der Waals surface area contributed by atoms with Crippen molar-refractivity contribution in [3.05, 3.63) is 0 Å². The molecule has 0 aromatic heterocycles. The first kappa shape index (κ1) is 11.9. The molecule has 1 N–H and O–H groups in total. The van der Waals surface area contributed by atoms with E-state index in [0.29, 0.717) is 11.8 Å². The number of nitrogens with one attached hydrogen (secondary N) is 1. The smallest absolute Gasteiger partial charge is 0.225 e. The van der Waals surface area contributed by atoms with Gasteiger partial charge in [0.1, 0.15) is 0 Å². The summed E-state index contributed by atoms with van der Waals surface area (Å²) in [6.45, 7) is 7.52. The molecule has 3 nitrogen and oxygen atoms in total. The molecule has 2 rings (SSSR count). The molecule has 1 amide bonds. The van der Waals surface area contributed by atoms with Crippen molar-refractivity contribution < 1.29 is 4.79 Å². The van der Waals surface area contributed by atoms with Gasteiger partial charge in [-0.2, -0.15) is 0 Å². The Bertz CT molecular complexity index is 269. The summed E-state index contributed by atoms with van der Waals surface area (Å²) < 4.78 is 0. The average molecular weight is 224 g/mol. The van der Waals surface area contributed by atoms with Crippen LogP contribution in [0.1, 0.15) is 33.1 Å². The molecule has 2 aliphatic rings. The molecule has 1 saturated heterocycles. The number of carbonyl (C=O) groups is 1. The lowest BCUT2D eigenvalue weighted by Gasteiger charge is -2.28. The molecule has 3 heteroatoms. The molecule has 2 unspecified atom stereocenters. The lowest BCUT2D eigenvalue weighted by Crippen LogP contribution is -2.40. The van der Waals surface area contributed by atoms with Gasteiger partial charge in [-0.15, -0.1) is 0 Å². The minimum Gasteiger partial charge on any atom is -0.345 e. The normalized spacial score (nSPS) is 32.2. The number of rotatable bonds is 3. The Hall–Kier alpha value is -0.570. The van der Waals surface area contributed by atoms with Crippen molar-refractivity contribution in [1.82, 2.24) is 10.2 Å². The van der Waals surface area contributed by atoms with Crippen LogP contribution in [-0.2, 0) is 4.79 Å². The van der Waals surface area contributed by atoms with Gasteiger partial charge in [-0.1, -0.05) is 13.8 Å². The number of piperidine rings is 1. The van der Waals surface area contributed by atoms with Gasteiger partial charge in [0, 0.05) is 19.5 Å². The van der Waals surface area contributed by atoms with Crippen molar-refractivity contribution in [1.29, 1.82) is 0 Å². The molecule has 1 heterocycles. The van der Waals surface area contributed by atoms with Gasteiger partial charge in [0.05, 0.1) is 0 Å². The Morgan fingerprint density at radius 2 is 2.19 bits per heavy atom. The largest absolute Gasteiger partial charge is 0.345 e. The van der Waals surface area contributed by atoms with Crippen LogP contribution >= 0.6 is 0 Å². The molecule has 2 atom stereocenters. The van der Waals surface area contributed by atoms with Crippen LogP contribution in [0.15, 0.2) is 0 Å². The van der Waals surface area contributed by atoms with E-state index in [2.05, 4.69) is 19.2 Å². The zero-order chi connectivity index (χ0) is 11.8. The van der Waals surface area contributed by atoms with E-state index in [-0.39, 0.29) is 11.3 Å². The third-order valence-corrected chi connectivity index (χ3v) is 4.12. The van der Waals surface area contributed by atoms with E-state index in [1.165, 1.54) is 12.8 Å². The zero-order valence-electron chi connectivity index (χ0n) is 10.8. The quantitative estimate of drug-likeness (QED) is 0.788. The average Bonchev–Trinajstić information content (AvgIpc) is 2.88. The first-order valence-corrected chi connectivity index (χ1v) is 6.46. The third kappa shape index (κ3) is 2.57. The van der Waals surface area contributed by atoms with E-state index in [0.717, 1.165) is 26.1 Å². The van der Waals surface area contributed by atoms with E-state index in [9.17, 15) is 4.79 Å². The Balaban J connectivity index is 1.79. The van der Waals surface area contributed by atoms with Gasteiger partial charge in [0.2, 0.25) is 5.91 Å². The molecule has 92 valence electrons. The van der Waals surface area contributed by atoms with Gasteiger partial charge in [0.25, 0.3) is 0 Å². The predicted octanol–water partition coefficient (Wildman–Crippen LogP) is 1.49. The molecular formula is C13H24N2O. The number of carbonyl (C=O) groups excluding carboxylic acids is 1. The molecule has 16 heavy (non-hydrogen) atoms. The number of hydrogen-bond acceptors (Lipinski definition) is 2. The predicted molar refractivity (Wildman–Crippen MR) is 65.1 cm³/mol. The summed E-state index contributed by atoms with van der Waals surface area (Å²) in [5.74, 6) is 1.30. The van der Waals surface area contributed by atoms with E-state index in [4.69, 9.17) is 0 Å². The van der Waals surface area contributed by atoms with Crippen LogP contribution in [0.3, 0.4) is 0 Å². The summed E-state index contributed by atoms with van der Waals surface area (Å²) in [6, 6.07) is 0. The van der Waals surface area contributed by atoms with Gasteiger partial charge in [-0.05, 0) is 43.7 Å². The van der Waals surface area contributed by atoms with Gasteiger partial charge in [-0.3, -0.25) is 4.79 Å². The molecule has 0 aromatic rings. The van der Waals surface area contributed by atoms with Gasteiger partial charge >= 0.3 is 0 Å².